The zero-order chi connectivity index (χ0) is 14.0. The van der Waals surface area contributed by atoms with Crippen LogP contribution >= 0.6 is 0 Å². The molecular formula is C15H22O3Si. The maximum absolute atomic E-state index is 11.9. The van der Waals surface area contributed by atoms with Crippen LogP contribution in [0.4, 0.5) is 0 Å². The van der Waals surface area contributed by atoms with Gasteiger partial charge in [0, 0.05) is 8.07 Å². The Hall–Kier alpha value is -1.13. The number of hydrogen-bond acceptors (Lipinski definition) is 3. The van der Waals surface area contributed by atoms with Gasteiger partial charge in [-0.2, -0.15) is 0 Å². The summed E-state index contributed by atoms with van der Waals surface area (Å²) in [6.07, 6.45) is 1.22. The lowest BCUT2D eigenvalue weighted by atomic mass is 10.1. The third kappa shape index (κ3) is 3.67. The number of esters is 1. The van der Waals surface area contributed by atoms with Crippen molar-refractivity contribution in [3.05, 3.63) is 34.9 Å². The second-order valence-corrected chi connectivity index (χ2v) is 12.0. The molecule has 3 nitrogen and oxygen atoms in total. The van der Waals surface area contributed by atoms with E-state index in [0.717, 1.165) is 30.0 Å². The fraction of sp³-hybridized carbons (Fsp3) is 0.533. The molecule has 0 aliphatic heterocycles. The molecule has 0 bridgehead atoms. The van der Waals surface area contributed by atoms with E-state index >= 15 is 0 Å². The largest absolute Gasteiger partial charge is 0.462 e. The van der Waals surface area contributed by atoms with Crippen LogP contribution in [0, 0.1) is 0 Å². The predicted octanol–water partition coefficient (Wildman–Crippen LogP) is 3.16. The van der Waals surface area contributed by atoms with Gasteiger partial charge in [-0.3, -0.25) is 0 Å². The first-order valence-corrected chi connectivity index (χ1v) is 10.6. The Labute approximate surface area is 115 Å². The number of benzene rings is 1. The van der Waals surface area contributed by atoms with Crippen LogP contribution in [-0.2, 0) is 11.2 Å². The number of fused-ring (bicyclic) bond motifs is 1. The lowest BCUT2D eigenvalue weighted by Gasteiger charge is -2.15. The summed E-state index contributed by atoms with van der Waals surface area (Å²) in [6, 6.07) is 6.49. The van der Waals surface area contributed by atoms with Crippen LogP contribution in [0.5, 0.6) is 0 Å². The molecule has 1 atom stereocenters. The molecule has 1 unspecified atom stereocenters. The van der Waals surface area contributed by atoms with Crippen molar-refractivity contribution in [2.75, 3.05) is 6.61 Å². The Morgan fingerprint density at radius 3 is 2.84 bits per heavy atom. The predicted molar refractivity (Wildman–Crippen MR) is 78.2 cm³/mol. The van der Waals surface area contributed by atoms with Crippen molar-refractivity contribution in [3.63, 3.8) is 0 Å². The zero-order valence-electron chi connectivity index (χ0n) is 11.9. The highest BCUT2D eigenvalue weighted by molar-refractivity contribution is 6.76. The molecule has 0 fully saturated rings. The van der Waals surface area contributed by atoms with Crippen molar-refractivity contribution >= 4 is 14.0 Å². The van der Waals surface area contributed by atoms with Gasteiger partial charge >= 0.3 is 5.97 Å². The van der Waals surface area contributed by atoms with Crippen molar-refractivity contribution in [1.29, 1.82) is 0 Å². The summed E-state index contributed by atoms with van der Waals surface area (Å²) < 4.78 is 5.31. The maximum Gasteiger partial charge on any atom is 0.338 e. The van der Waals surface area contributed by atoms with E-state index in [1.165, 1.54) is 0 Å². The molecule has 1 N–H and O–H groups in total. The Balaban J connectivity index is 1.99. The summed E-state index contributed by atoms with van der Waals surface area (Å²) >= 11 is 0. The summed E-state index contributed by atoms with van der Waals surface area (Å²) in [5.41, 5.74) is 2.58. The normalized spacial score (nSPS) is 18.2. The van der Waals surface area contributed by atoms with Crippen LogP contribution in [0.3, 0.4) is 0 Å². The quantitative estimate of drug-likeness (QED) is 0.680. The fourth-order valence-electron chi connectivity index (χ4n) is 2.24. The summed E-state index contributed by atoms with van der Waals surface area (Å²) in [7, 11) is -1.17. The van der Waals surface area contributed by atoms with Crippen LogP contribution < -0.4 is 0 Å². The van der Waals surface area contributed by atoms with Gasteiger partial charge in [-0.25, -0.2) is 4.79 Å². The van der Waals surface area contributed by atoms with Crippen molar-refractivity contribution < 1.29 is 14.6 Å². The standard InChI is InChI=1S/C15H22O3Si/c1-19(2,3)9-8-18-15(17)12-5-4-11-6-7-14(16)13(11)10-12/h4-5,10,14,16H,6-9H2,1-3H3. The number of aliphatic hydroxyl groups is 1. The lowest BCUT2D eigenvalue weighted by Crippen LogP contribution is -2.22. The van der Waals surface area contributed by atoms with Crippen LogP contribution in [-0.4, -0.2) is 25.8 Å². The van der Waals surface area contributed by atoms with Crippen LogP contribution in [0.15, 0.2) is 18.2 Å². The third-order valence-corrected chi connectivity index (χ3v) is 5.22. The second kappa shape index (κ2) is 5.47. The molecular weight excluding hydrogens is 256 g/mol. The van der Waals surface area contributed by atoms with Crippen molar-refractivity contribution in [3.8, 4) is 0 Å². The van der Waals surface area contributed by atoms with E-state index in [9.17, 15) is 9.90 Å². The number of hydrogen-bond donors (Lipinski definition) is 1. The first kappa shape index (κ1) is 14.3. The number of ether oxygens (including phenoxy) is 1. The highest BCUT2D eigenvalue weighted by Gasteiger charge is 2.22. The molecule has 0 radical (unpaired) electrons. The van der Waals surface area contributed by atoms with Crippen molar-refractivity contribution in [2.45, 2.75) is 44.6 Å². The van der Waals surface area contributed by atoms with Crippen LogP contribution in [0.25, 0.3) is 0 Å². The van der Waals surface area contributed by atoms with Gasteiger partial charge in [0.25, 0.3) is 0 Å². The molecule has 0 amide bonds. The Bertz CT molecular complexity index is 477. The van der Waals surface area contributed by atoms with Gasteiger partial charge in [0.2, 0.25) is 0 Å². The Kier molecular flexibility index (Phi) is 4.11. The Morgan fingerprint density at radius 1 is 1.42 bits per heavy atom. The van der Waals surface area contributed by atoms with E-state index in [1.54, 1.807) is 12.1 Å². The maximum atomic E-state index is 11.9. The Morgan fingerprint density at radius 2 is 2.16 bits per heavy atom. The van der Waals surface area contributed by atoms with Gasteiger partial charge in [-0.05, 0) is 42.1 Å². The van der Waals surface area contributed by atoms with E-state index in [1.807, 2.05) is 6.07 Å². The van der Waals surface area contributed by atoms with Crippen LogP contribution in [0.1, 0.15) is 34.0 Å². The first-order chi connectivity index (χ1) is 8.87. The summed E-state index contributed by atoms with van der Waals surface area (Å²) in [5.74, 6) is -0.278. The molecule has 0 saturated carbocycles. The third-order valence-electron chi connectivity index (χ3n) is 3.51. The molecule has 1 aliphatic rings. The summed E-state index contributed by atoms with van der Waals surface area (Å²) in [4.78, 5) is 11.9. The molecule has 0 saturated heterocycles. The number of aliphatic hydroxyl groups excluding tert-OH is 1. The topological polar surface area (TPSA) is 46.5 Å². The van der Waals surface area contributed by atoms with E-state index in [0.29, 0.717) is 12.2 Å². The van der Waals surface area contributed by atoms with Gasteiger partial charge in [0.1, 0.15) is 0 Å². The average molecular weight is 278 g/mol. The van der Waals surface area contributed by atoms with Gasteiger partial charge in [0.15, 0.2) is 0 Å². The molecule has 0 heterocycles. The minimum absolute atomic E-state index is 0.278. The summed E-state index contributed by atoms with van der Waals surface area (Å²) in [6.45, 7) is 7.26. The average Bonchev–Trinajstić information content (AvgIpc) is 2.69. The lowest BCUT2D eigenvalue weighted by molar-refractivity contribution is 0.0525. The van der Waals surface area contributed by atoms with Gasteiger partial charge in [0.05, 0.1) is 18.3 Å². The molecule has 19 heavy (non-hydrogen) atoms. The molecule has 1 aliphatic carbocycles. The second-order valence-electron chi connectivity index (χ2n) is 6.41. The summed E-state index contributed by atoms with van der Waals surface area (Å²) in [5, 5.41) is 9.82. The molecule has 0 spiro atoms. The van der Waals surface area contributed by atoms with E-state index in [2.05, 4.69) is 19.6 Å². The van der Waals surface area contributed by atoms with E-state index in [4.69, 9.17) is 4.74 Å². The van der Waals surface area contributed by atoms with Gasteiger partial charge in [-0.15, -0.1) is 0 Å². The first-order valence-electron chi connectivity index (χ1n) is 6.85. The number of aryl methyl sites for hydroxylation is 1. The zero-order valence-corrected chi connectivity index (χ0v) is 12.9. The minimum Gasteiger partial charge on any atom is -0.462 e. The molecule has 104 valence electrons. The van der Waals surface area contributed by atoms with Gasteiger partial charge < -0.3 is 9.84 Å². The fourth-order valence-corrected chi connectivity index (χ4v) is 2.96. The highest BCUT2D eigenvalue weighted by Crippen LogP contribution is 2.31. The number of carbonyl (C=O) groups excluding carboxylic acids is 1. The molecule has 1 aromatic rings. The van der Waals surface area contributed by atoms with E-state index in [-0.39, 0.29) is 5.97 Å². The number of rotatable bonds is 4. The molecule has 0 aromatic heterocycles. The van der Waals surface area contributed by atoms with Crippen molar-refractivity contribution in [1.82, 2.24) is 0 Å². The number of carbonyl (C=O) groups is 1. The monoisotopic (exact) mass is 278 g/mol. The molecule has 4 heteroatoms. The van der Waals surface area contributed by atoms with Crippen LogP contribution in [0.2, 0.25) is 25.7 Å². The van der Waals surface area contributed by atoms with E-state index < -0.39 is 14.2 Å². The smallest absolute Gasteiger partial charge is 0.338 e. The highest BCUT2D eigenvalue weighted by atomic mass is 28.3. The molecule has 2 rings (SSSR count). The SMILES string of the molecule is C[Si](C)(C)CCOC(=O)c1ccc2c(c1)C(O)CC2. The minimum atomic E-state index is -1.17. The molecule has 1 aromatic carbocycles. The van der Waals surface area contributed by atoms with Gasteiger partial charge in [-0.1, -0.05) is 25.7 Å². The van der Waals surface area contributed by atoms with Crippen molar-refractivity contribution in [2.24, 2.45) is 0 Å².